The standard InChI is InChI=1S/C26H21BrClFN2O3/c1-3-33-26(32)18-10-21(14-30-13-18)31-16(2)4-8-24(31)22-11-19(27)6-9-25(22)34-15-17-5-7-20(29)12-23(17)28/h4-14H,3,15H2,1-2H3. The van der Waals surface area contributed by atoms with E-state index in [9.17, 15) is 9.18 Å². The van der Waals surface area contributed by atoms with E-state index >= 15 is 0 Å². The number of benzene rings is 2. The number of halogens is 3. The summed E-state index contributed by atoms with van der Waals surface area (Å²) in [6.07, 6.45) is 3.18. The highest BCUT2D eigenvalue weighted by Crippen LogP contribution is 2.36. The molecule has 0 fully saturated rings. The van der Waals surface area contributed by atoms with E-state index in [0.717, 1.165) is 27.1 Å². The average molecular weight is 544 g/mol. The summed E-state index contributed by atoms with van der Waals surface area (Å²) in [5.41, 5.74) is 4.38. The van der Waals surface area contributed by atoms with Gasteiger partial charge in [-0.3, -0.25) is 4.98 Å². The molecular weight excluding hydrogens is 523 g/mol. The largest absolute Gasteiger partial charge is 0.488 e. The van der Waals surface area contributed by atoms with Gasteiger partial charge in [0.1, 0.15) is 18.2 Å². The Morgan fingerprint density at radius 2 is 1.94 bits per heavy atom. The van der Waals surface area contributed by atoms with E-state index in [1.165, 1.54) is 18.3 Å². The average Bonchev–Trinajstić information content (AvgIpc) is 3.20. The summed E-state index contributed by atoms with van der Waals surface area (Å²) in [6.45, 7) is 4.19. The van der Waals surface area contributed by atoms with Gasteiger partial charge in [0.05, 0.1) is 34.8 Å². The van der Waals surface area contributed by atoms with E-state index in [-0.39, 0.29) is 13.2 Å². The maximum absolute atomic E-state index is 13.4. The number of nitrogens with zero attached hydrogens (tertiary/aromatic N) is 2. The number of hydrogen-bond acceptors (Lipinski definition) is 4. The fraction of sp³-hybridized carbons (Fsp3) is 0.154. The summed E-state index contributed by atoms with van der Waals surface area (Å²) in [4.78, 5) is 16.5. The number of aromatic nitrogens is 2. The number of carbonyl (C=O) groups excluding carboxylic acids is 1. The van der Waals surface area contributed by atoms with E-state index in [1.807, 2.05) is 41.8 Å². The van der Waals surface area contributed by atoms with Gasteiger partial charge in [-0.25, -0.2) is 9.18 Å². The molecular formula is C26H21BrClFN2O3. The second-order valence-electron chi connectivity index (χ2n) is 7.51. The summed E-state index contributed by atoms with van der Waals surface area (Å²) in [5.74, 6) is -0.201. The Kier molecular flexibility index (Phi) is 7.34. The van der Waals surface area contributed by atoms with Crippen LogP contribution >= 0.6 is 27.5 Å². The maximum Gasteiger partial charge on any atom is 0.339 e. The van der Waals surface area contributed by atoms with Crippen LogP contribution in [-0.4, -0.2) is 22.1 Å². The molecule has 4 aromatic rings. The third-order valence-electron chi connectivity index (χ3n) is 5.19. The molecule has 0 aliphatic rings. The summed E-state index contributed by atoms with van der Waals surface area (Å²) < 4.78 is 27.5. The first kappa shape index (κ1) is 24.0. The van der Waals surface area contributed by atoms with Crippen LogP contribution in [0.5, 0.6) is 5.75 Å². The molecule has 2 aromatic carbocycles. The Labute approximate surface area is 210 Å². The third kappa shape index (κ3) is 5.16. The lowest BCUT2D eigenvalue weighted by Crippen LogP contribution is -2.08. The van der Waals surface area contributed by atoms with Crippen LogP contribution in [0, 0.1) is 12.7 Å². The lowest BCUT2D eigenvalue weighted by Gasteiger charge is -2.17. The zero-order chi connectivity index (χ0) is 24.2. The van der Waals surface area contributed by atoms with Crippen molar-refractivity contribution < 1.29 is 18.7 Å². The van der Waals surface area contributed by atoms with Crippen molar-refractivity contribution in [2.24, 2.45) is 0 Å². The van der Waals surface area contributed by atoms with Gasteiger partial charge < -0.3 is 14.0 Å². The first-order chi connectivity index (χ1) is 16.4. The van der Waals surface area contributed by atoms with Crippen molar-refractivity contribution in [2.45, 2.75) is 20.5 Å². The molecule has 0 aliphatic heterocycles. The molecule has 0 saturated heterocycles. The van der Waals surface area contributed by atoms with Crippen LogP contribution < -0.4 is 4.74 Å². The van der Waals surface area contributed by atoms with E-state index < -0.39 is 11.8 Å². The van der Waals surface area contributed by atoms with Crippen LogP contribution in [0.4, 0.5) is 4.39 Å². The zero-order valence-corrected chi connectivity index (χ0v) is 20.9. The van der Waals surface area contributed by atoms with Crippen molar-refractivity contribution in [3.63, 3.8) is 0 Å². The second kappa shape index (κ2) is 10.4. The predicted octanol–water partition coefficient (Wildman–Crippen LogP) is 7.16. The highest BCUT2D eigenvalue weighted by atomic mass is 79.9. The first-order valence-corrected chi connectivity index (χ1v) is 11.7. The quantitative estimate of drug-likeness (QED) is 0.232. The molecule has 5 nitrogen and oxygen atoms in total. The molecule has 0 aliphatic carbocycles. The molecule has 8 heteroatoms. The lowest BCUT2D eigenvalue weighted by atomic mass is 10.1. The smallest absolute Gasteiger partial charge is 0.339 e. The Morgan fingerprint density at radius 3 is 2.71 bits per heavy atom. The van der Waals surface area contributed by atoms with E-state index in [0.29, 0.717) is 21.9 Å². The molecule has 0 saturated carbocycles. The topological polar surface area (TPSA) is 53.3 Å². The number of ether oxygens (including phenoxy) is 2. The van der Waals surface area contributed by atoms with Gasteiger partial charge in [0.2, 0.25) is 0 Å². The Balaban J connectivity index is 1.73. The molecule has 34 heavy (non-hydrogen) atoms. The minimum absolute atomic E-state index is 0.174. The van der Waals surface area contributed by atoms with Gasteiger partial charge in [-0.15, -0.1) is 0 Å². The van der Waals surface area contributed by atoms with Crippen molar-refractivity contribution in [3.05, 3.63) is 99.1 Å². The van der Waals surface area contributed by atoms with Crippen LogP contribution in [0.15, 0.2) is 71.5 Å². The highest BCUT2D eigenvalue weighted by molar-refractivity contribution is 9.10. The molecule has 0 radical (unpaired) electrons. The normalized spacial score (nSPS) is 10.9. The van der Waals surface area contributed by atoms with Crippen LogP contribution in [0.25, 0.3) is 16.9 Å². The Morgan fingerprint density at radius 1 is 1.12 bits per heavy atom. The number of carbonyl (C=O) groups is 1. The first-order valence-electron chi connectivity index (χ1n) is 10.5. The number of esters is 1. The highest BCUT2D eigenvalue weighted by Gasteiger charge is 2.17. The fourth-order valence-corrected chi connectivity index (χ4v) is 4.17. The molecule has 0 spiro atoms. The number of pyridine rings is 1. The van der Waals surface area contributed by atoms with Gasteiger partial charge in [0, 0.05) is 27.5 Å². The molecule has 2 aromatic heterocycles. The lowest BCUT2D eigenvalue weighted by molar-refractivity contribution is 0.0526. The number of aryl methyl sites for hydroxylation is 1. The summed E-state index contributed by atoms with van der Waals surface area (Å²) in [7, 11) is 0. The number of rotatable bonds is 7. The van der Waals surface area contributed by atoms with Crippen molar-refractivity contribution in [1.29, 1.82) is 0 Å². The van der Waals surface area contributed by atoms with Crippen LogP contribution in [0.3, 0.4) is 0 Å². The van der Waals surface area contributed by atoms with Crippen LogP contribution in [0.1, 0.15) is 28.5 Å². The minimum Gasteiger partial charge on any atom is -0.488 e. The molecule has 0 atom stereocenters. The van der Waals surface area contributed by atoms with Crippen molar-refractivity contribution in [2.75, 3.05) is 6.61 Å². The van der Waals surface area contributed by atoms with Crippen molar-refractivity contribution in [1.82, 2.24) is 9.55 Å². The molecule has 0 bridgehead atoms. The summed E-state index contributed by atoms with van der Waals surface area (Å²) >= 11 is 9.72. The van der Waals surface area contributed by atoms with Gasteiger partial charge >= 0.3 is 5.97 Å². The van der Waals surface area contributed by atoms with Gasteiger partial charge in [0.25, 0.3) is 0 Å². The summed E-state index contributed by atoms with van der Waals surface area (Å²) in [5, 5.41) is 0.305. The molecule has 0 unspecified atom stereocenters. The molecule has 174 valence electrons. The molecule has 4 rings (SSSR count). The van der Waals surface area contributed by atoms with Gasteiger partial charge in [0.15, 0.2) is 0 Å². The maximum atomic E-state index is 13.4. The van der Waals surface area contributed by atoms with Crippen LogP contribution in [-0.2, 0) is 11.3 Å². The van der Waals surface area contributed by atoms with Gasteiger partial charge in [-0.2, -0.15) is 0 Å². The zero-order valence-electron chi connectivity index (χ0n) is 18.5. The fourth-order valence-electron chi connectivity index (χ4n) is 3.59. The summed E-state index contributed by atoms with van der Waals surface area (Å²) in [6, 6.07) is 15.6. The Hall–Kier alpha value is -3.16. The second-order valence-corrected chi connectivity index (χ2v) is 8.84. The molecule has 0 amide bonds. The van der Waals surface area contributed by atoms with Gasteiger partial charge in [-0.05, 0) is 62.4 Å². The Bertz CT molecular complexity index is 1360. The van der Waals surface area contributed by atoms with Crippen molar-refractivity contribution >= 4 is 33.5 Å². The van der Waals surface area contributed by atoms with Crippen LogP contribution in [0.2, 0.25) is 5.02 Å². The molecule has 0 N–H and O–H groups in total. The third-order valence-corrected chi connectivity index (χ3v) is 6.03. The molecule has 2 heterocycles. The van der Waals surface area contributed by atoms with Gasteiger partial charge in [-0.1, -0.05) is 33.6 Å². The van der Waals surface area contributed by atoms with E-state index in [4.69, 9.17) is 21.1 Å². The number of hydrogen-bond donors (Lipinski definition) is 0. The SMILES string of the molecule is CCOC(=O)c1cncc(-n2c(C)ccc2-c2cc(Br)ccc2OCc2ccc(F)cc2Cl)c1. The monoisotopic (exact) mass is 542 g/mol. The minimum atomic E-state index is -0.425. The van der Waals surface area contributed by atoms with E-state index in [2.05, 4.69) is 20.9 Å². The predicted molar refractivity (Wildman–Crippen MR) is 133 cm³/mol. The van der Waals surface area contributed by atoms with Crippen molar-refractivity contribution in [3.8, 4) is 22.7 Å². The van der Waals surface area contributed by atoms with E-state index in [1.54, 1.807) is 25.3 Å².